The zero-order chi connectivity index (χ0) is 10.7. The summed E-state index contributed by atoms with van der Waals surface area (Å²) in [5.74, 6) is -1.10. The lowest BCUT2D eigenvalue weighted by Crippen LogP contribution is -2.15. The maximum atomic E-state index is 13.4. The molecule has 4 heteroatoms. The van der Waals surface area contributed by atoms with Crippen molar-refractivity contribution in [3.63, 3.8) is 0 Å². The van der Waals surface area contributed by atoms with Gasteiger partial charge in [0, 0.05) is 6.04 Å². The SMILES string of the molecule is CC(N)CCc1ccc(F)c(Br)c1F. The molecule has 1 atom stereocenters. The van der Waals surface area contributed by atoms with Crippen LogP contribution in [0.4, 0.5) is 8.78 Å². The first kappa shape index (κ1) is 11.6. The Hall–Kier alpha value is -0.480. The number of nitrogens with two attached hydrogens (primary N) is 1. The summed E-state index contributed by atoms with van der Waals surface area (Å²) in [5.41, 5.74) is 6.05. The summed E-state index contributed by atoms with van der Waals surface area (Å²) >= 11 is 2.86. The predicted molar refractivity (Wildman–Crippen MR) is 56.0 cm³/mol. The van der Waals surface area contributed by atoms with E-state index in [-0.39, 0.29) is 10.5 Å². The van der Waals surface area contributed by atoms with Crippen LogP contribution in [-0.4, -0.2) is 6.04 Å². The van der Waals surface area contributed by atoms with Crippen LogP contribution in [0.25, 0.3) is 0 Å². The molecule has 0 aliphatic heterocycles. The predicted octanol–water partition coefficient (Wildman–Crippen LogP) is 3.01. The zero-order valence-corrected chi connectivity index (χ0v) is 9.44. The van der Waals surface area contributed by atoms with E-state index in [4.69, 9.17) is 5.73 Å². The molecule has 0 aromatic heterocycles. The van der Waals surface area contributed by atoms with E-state index in [0.717, 1.165) is 0 Å². The number of hydrogen-bond acceptors (Lipinski definition) is 1. The largest absolute Gasteiger partial charge is 0.328 e. The normalized spacial score (nSPS) is 12.9. The zero-order valence-electron chi connectivity index (χ0n) is 7.86. The molecule has 14 heavy (non-hydrogen) atoms. The van der Waals surface area contributed by atoms with Gasteiger partial charge in [-0.15, -0.1) is 0 Å². The van der Waals surface area contributed by atoms with E-state index in [0.29, 0.717) is 18.4 Å². The topological polar surface area (TPSA) is 26.0 Å². The molecule has 0 aliphatic rings. The van der Waals surface area contributed by atoms with E-state index < -0.39 is 11.6 Å². The molecule has 1 nitrogen and oxygen atoms in total. The Morgan fingerprint density at radius 2 is 2.07 bits per heavy atom. The fourth-order valence-corrected chi connectivity index (χ4v) is 1.53. The van der Waals surface area contributed by atoms with Crippen LogP contribution >= 0.6 is 15.9 Å². The highest BCUT2D eigenvalue weighted by Crippen LogP contribution is 2.23. The minimum Gasteiger partial charge on any atom is -0.328 e. The summed E-state index contributed by atoms with van der Waals surface area (Å²) < 4.78 is 26.1. The standard InChI is InChI=1S/C10H12BrF2N/c1-6(14)2-3-7-4-5-8(12)9(11)10(7)13/h4-6H,2-3,14H2,1H3. The van der Waals surface area contributed by atoms with E-state index in [9.17, 15) is 8.78 Å². The van der Waals surface area contributed by atoms with E-state index in [1.807, 2.05) is 6.92 Å². The van der Waals surface area contributed by atoms with Crippen LogP contribution in [0.2, 0.25) is 0 Å². The molecule has 1 unspecified atom stereocenters. The van der Waals surface area contributed by atoms with Gasteiger partial charge in [0.15, 0.2) is 0 Å². The molecule has 78 valence electrons. The Kier molecular flexibility index (Phi) is 4.01. The summed E-state index contributed by atoms with van der Waals surface area (Å²) in [6.07, 6.45) is 1.22. The van der Waals surface area contributed by atoms with Crippen molar-refractivity contribution in [3.8, 4) is 0 Å². The van der Waals surface area contributed by atoms with Crippen molar-refractivity contribution in [1.82, 2.24) is 0 Å². The maximum Gasteiger partial charge on any atom is 0.143 e. The molecule has 0 saturated carbocycles. The van der Waals surface area contributed by atoms with Crippen molar-refractivity contribution in [2.24, 2.45) is 5.73 Å². The lowest BCUT2D eigenvalue weighted by molar-refractivity contribution is 0.553. The molecule has 0 heterocycles. The molecule has 1 aromatic carbocycles. The van der Waals surface area contributed by atoms with Crippen molar-refractivity contribution >= 4 is 15.9 Å². The van der Waals surface area contributed by atoms with Crippen LogP contribution in [-0.2, 0) is 6.42 Å². The van der Waals surface area contributed by atoms with Gasteiger partial charge in [0.25, 0.3) is 0 Å². The molecule has 0 aliphatic carbocycles. The van der Waals surface area contributed by atoms with Crippen molar-refractivity contribution in [2.45, 2.75) is 25.8 Å². The monoisotopic (exact) mass is 263 g/mol. The first-order valence-electron chi connectivity index (χ1n) is 4.40. The van der Waals surface area contributed by atoms with E-state index in [1.54, 1.807) is 0 Å². The second kappa shape index (κ2) is 4.84. The van der Waals surface area contributed by atoms with Gasteiger partial charge in [-0.2, -0.15) is 0 Å². The molecule has 2 N–H and O–H groups in total. The average molecular weight is 264 g/mol. The van der Waals surface area contributed by atoms with E-state index in [1.165, 1.54) is 12.1 Å². The minimum atomic E-state index is -0.577. The number of aryl methyl sites for hydroxylation is 1. The van der Waals surface area contributed by atoms with Crippen molar-refractivity contribution in [2.75, 3.05) is 0 Å². The van der Waals surface area contributed by atoms with Crippen molar-refractivity contribution < 1.29 is 8.78 Å². The van der Waals surface area contributed by atoms with Crippen LogP contribution in [0.3, 0.4) is 0 Å². The molecule has 1 rings (SSSR count). The summed E-state index contributed by atoms with van der Waals surface area (Å²) in [5, 5.41) is 0. The number of halogens is 3. The van der Waals surface area contributed by atoms with Gasteiger partial charge in [-0.1, -0.05) is 6.07 Å². The molecular weight excluding hydrogens is 252 g/mol. The number of rotatable bonds is 3. The summed E-state index contributed by atoms with van der Waals surface area (Å²) in [6.45, 7) is 1.86. The van der Waals surface area contributed by atoms with Gasteiger partial charge in [0.1, 0.15) is 11.6 Å². The Bertz CT molecular complexity index is 326. The Labute approximate surface area is 90.4 Å². The highest BCUT2D eigenvalue weighted by Gasteiger charge is 2.11. The molecule has 1 aromatic rings. The van der Waals surface area contributed by atoms with Gasteiger partial charge in [-0.25, -0.2) is 8.78 Å². The van der Waals surface area contributed by atoms with Crippen LogP contribution in [0, 0.1) is 11.6 Å². The number of hydrogen-bond donors (Lipinski definition) is 1. The van der Waals surface area contributed by atoms with Gasteiger partial charge in [-0.3, -0.25) is 0 Å². The van der Waals surface area contributed by atoms with Crippen LogP contribution in [0.5, 0.6) is 0 Å². The molecule has 0 radical (unpaired) electrons. The molecule has 0 spiro atoms. The second-order valence-corrected chi connectivity index (χ2v) is 4.14. The van der Waals surface area contributed by atoms with Gasteiger partial charge >= 0.3 is 0 Å². The lowest BCUT2D eigenvalue weighted by atomic mass is 10.1. The number of benzene rings is 1. The fraction of sp³-hybridized carbons (Fsp3) is 0.400. The second-order valence-electron chi connectivity index (χ2n) is 3.35. The minimum absolute atomic E-state index is 0.0261. The highest BCUT2D eigenvalue weighted by atomic mass is 79.9. The van der Waals surface area contributed by atoms with Gasteiger partial charge < -0.3 is 5.73 Å². The summed E-state index contributed by atoms with van der Waals surface area (Å²) in [6, 6.07) is 2.74. The average Bonchev–Trinajstić information content (AvgIpc) is 2.13. The molecule has 0 fully saturated rings. The first-order chi connectivity index (χ1) is 6.52. The van der Waals surface area contributed by atoms with Crippen molar-refractivity contribution in [1.29, 1.82) is 0 Å². The smallest absolute Gasteiger partial charge is 0.143 e. The summed E-state index contributed by atoms with van der Waals surface area (Å²) in [7, 11) is 0. The Morgan fingerprint density at radius 1 is 1.43 bits per heavy atom. The van der Waals surface area contributed by atoms with Crippen LogP contribution in [0.15, 0.2) is 16.6 Å². The highest BCUT2D eigenvalue weighted by molar-refractivity contribution is 9.10. The summed E-state index contributed by atoms with van der Waals surface area (Å²) in [4.78, 5) is 0. The molecular formula is C10H12BrF2N. The van der Waals surface area contributed by atoms with Crippen LogP contribution < -0.4 is 5.73 Å². The lowest BCUT2D eigenvalue weighted by Gasteiger charge is -2.07. The van der Waals surface area contributed by atoms with Crippen LogP contribution in [0.1, 0.15) is 18.9 Å². The van der Waals surface area contributed by atoms with E-state index >= 15 is 0 Å². The Morgan fingerprint density at radius 3 is 2.64 bits per heavy atom. The third-order valence-corrected chi connectivity index (χ3v) is 2.71. The van der Waals surface area contributed by atoms with Gasteiger partial charge in [-0.05, 0) is 47.3 Å². The first-order valence-corrected chi connectivity index (χ1v) is 5.19. The van der Waals surface area contributed by atoms with Gasteiger partial charge in [0.2, 0.25) is 0 Å². The fourth-order valence-electron chi connectivity index (χ4n) is 1.14. The molecule has 0 saturated heterocycles. The molecule has 0 amide bonds. The quantitative estimate of drug-likeness (QED) is 0.834. The molecule has 0 bridgehead atoms. The van der Waals surface area contributed by atoms with Crippen molar-refractivity contribution in [3.05, 3.63) is 33.8 Å². The third-order valence-electron chi connectivity index (χ3n) is 1.98. The van der Waals surface area contributed by atoms with Gasteiger partial charge in [0.05, 0.1) is 4.47 Å². The Balaban J connectivity index is 2.83. The maximum absolute atomic E-state index is 13.4. The third kappa shape index (κ3) is 2.75. The van der Waals surface area contributed by atoms with E-state index in [2.05, 4.69) is 15.9 Å².